The zero-order valence-electron chi connectivity index (χ0n) is 12.4. The highest BCUT2D eigenvalue weighted by molar-refractivity contribution is 5.07. The Morgan fingerprint density at radius 2 is 1.57 bits per heavy atom. The average molecular weight is 295 g/mol. The van der Waals surface area contributed by atoms with Gasteiger partial charge in [0.2, 0.25) is 0 Å². The van der Waals surface area contributed by atoms with Gasteiger partial charge in [-0.1, -0.05) is 13.3 Å². The Morgan fingerprint density at radius 3 is 1.95 bits per heavy atom. The van der Waals surface area contributed by atoms with Crippen LogP contribution in [0.2, 0.25) is 0 Å². The van der Waals surface area contributed by atoms with Gasteiger partial charge in [0.1, 0.15) is 0 Å². The minimum absolute atomic E-state index is 0.0190. The Hall–Kier alpha value is -1.56. The van der Waals surface area contributed by atoms with Crippen molar-refractivity contribution in [3.63, 3.8) is 0 Å². The van der Waals surface area contributed by atoms with Crippen molar-refractivity contribution in [2.24, 2.45) is 11.7 Å². The first-order chi connectivity index (χ1) is 10.2. The number of hydrogen-bond acceptors (Lipinski definition) is 5. The molecule has 0 amide bonds. The molecule has 0 fully saturated rings. The lowest BCUT2D eigenvalue weighted by molar-refractivity contribution is 0.222. The van der Waals surface area contributed by atoms with Crippen LogP contribution in [0, 0.1) is 5.92 Å². The smallest absolute Gasteiger partial charge is 0.0935 e. The summed E-state index contributed by atoms with van der Waals surface area (Å²) in [6.07, 6.45) is 9.24. The number of nitrogens with two attached hydrogens (primary N) is 1. The van der Waals surface area contributed by atoms with Crippen molar-refractivity contribution in [1.82, 2.24) is 0 Å². The van der Waals surface area contributed by atoms with Crippen molar-refractivity contribution in [2.75, 3.05) is 13.2 Å². The van der Waals surface area contributed by atoms with Crippen molar-refractivity contribution in [2.45, 2.75) is 32.2 Å². The molecule has 5 heteroatoms. The molecule has 2 aromatic rings. The molecular weight excluding hydrogens is 270 g/mol. The van der Waals surface area contributed by atoms with Crippen LogP contribution in [0.25, 0.3) is 0 Å². The van der Waals surface area contributed by atoms with Crippen molar-refractivity contribution < 1.29 is 19.0 Å². The third-order valence-corrected chi connectivity index (χ3v) is 3.25. The zero-order valence-corrected chi connectivity index (χ0v) is 12.4. The first-order valence-electron chi connectivity index (χ1n) is 7.19. The number of rotatable bonds is 7. The molecule has 0 aliphatic rings. The summed E-state index contributed by atoms with van der Waals surface area (Å²) in [5.74, 6) is 0.382. The van der Waals surface area contributed by atoms with Crippen molar-refractivity contribution in [3.8, 4) is 0 Å². The second kappa shape index (κ2) is 10.2. The number of aliphatic hydroxyl groups is 2. The maximum Gasteiger partial charge on any atom is 0.0935 e. The van der Waals surface area contributed by atoms with Crippen molar-refractivity contribution in [3.05, 3.63) is 48.3 Å². The molecule has 2 atom stereocenters. The van der Waals surface area contributed by atoms with Gasteiger partial charge in [0, 0.05) is 12.6 Å². The van der Waals surface area contributed by atoms with Crippen LogP contribution >= 0.6 is 0 Å². The lowest BCUT2D eigenvalue weighted by Gasteiger charge is -2.08. The molecule has 0 aliphatic heterocycles. The Kier molecular flexibility index (Phi) is 8.50. The van der Waals surface area contributed by atoms with Crippen LogP contribution in [0.4, 0.5) is 0 Å². The van der Waals surface area contributed by atoms with E-state index in [1.165, 1.54) is 5.56 Å². The van der Waals surface area contributed by atoms with E-state index in [0.717, 1.165) is 18.4 Å². The van der Waals surface area contributed by atoms with Crippen LogP contribution in [-0.4, -0.2) is 29.5 Å². The molecule has 0 spiro atoms. The maximum atomic E-state index is 8.89. The quantitative estimate of drug-likeness (QED) is 0.726. The van der Waals surface area contributed by atoms with E-state index >= 15 is 0 Å². The highest BCUT2D eigenvalue weighted by Crippen LogP contribution is 2.11. The van der Waals surface area contributed by atoms with Crippen LogP contribution in [0.3, 0.4) is 0 Å². The van der Waals surface area contributed by atoms with Gasteiger partial charge >= 0.3 is 0 Å². The summed E-state index contributed by atoms with van der Waals surface area (Å²) in [7, 11) is 0. The highest BCUT2D eigenvalue weighted by Gasteiger charge is 2.05. The third kappa shape index (κ3) is 7.13. The molecular formula is C16H25NO4. The SMILES string of the molecule is CC[C@@H](CO)Cc1ccoc1.N[C@@H](CO)Cc1ccoc1. The summed E-state index contributed by atoms with van der Waals surface area (Å²) >= 11 is 0. The van der Waals surface area contributed by atoms with Crippen LogP contribution in [0.1, 0.15) is 24.5 Å². The molecule has 2 rings (SSSR count). The fourth-order valence-electron chi connectivity index (χ4n) is 1.86. The summed E-state index contributed by atoms with van der Waals surface area (Å²) in [6, 6.07) is 3.62. The topological polar surface area (TPSA) is 92.8 Å². The molecule has 0 unspecified atom stereocenters. The fraction of sp³-hybridized carbons (Fsp3) is 0.500. The molecule has 4 N–H and O–H groups in total. The molecule has 21 heavy (non-hydrogen) atoms. The van der Waals surface area contributed by atoms with E-state index in [1.807, 2.05) is 12.1 Å². The Morgan fingerprint density at radius 1 is 1.00 bits per heavy atom. The molecule has 2 heterocycles. The van der Waals surface area contributed by atoms with Gasteiger partial charge in [0.15, 0.2) is 0 Å². The van der Waals surface area contributed by atoms with E-state index < -0.39 is 0 Å². The Bertz CT molecular complexity index is 435. The molecule has 0 saturated heterocycles. The highest BCUT2D eigenvalue weighted by atomic mass is 16.3. The lowest BCUT2D eigenvalue weighted by Crippen LogP contribution is -2.26. The van der Waals surface area contributed by atoms with Gasteiger partial charge in [-0.25, -0.2) is 0 Å². The molecule has 0 aromatic carbocycles. The van der Waals surface area contributed by atoms with E-state index in [-0.39, 0.29) is 19.3 Å². The first-order valence-corrected chi connectivity index (χ1v) is 7.19. The summed E-state index contributed by atoms with van der Waals surface area (Å²) < 4.78 is 9.75. The predicted octanol–water partition coefficient (Wildman–Crippen LogP) is 1.98. The van der Waals surface area contributed by atoms with Gasteiger partial charge in [0.05, 0.1) is 31.7 Å². The van der Waals surface area contributed by atoms with E-state index in [2.05, 4.69) is 6.92 Å². The van der Waals surface area contributed by atoms with Gasteiger partial charge in [-0.3, -0.25) is 0 Å². The Labute approximate surface area is 125 Å². The molecule has 5 nitrogen and oxygen atoms in total. The normalized spacial score (nSPS) is 13.3. The Balaban J connectivity index is 0.000000211. The molecule has 0 bridgehead atoms. The summed E-state index contributed by atoms with van der Waals surface area (Å²) in [6.45, 7) is 2.37. The van der Waals surface area contributed by atoms with Gasteiger partial charge in [-0.2, -0.15) is 0 Å². The fourth-order valence-corrected chi connectivity index (χ4v) is 1.86. The van der Waals surface area contributed by atoms with Crippen LogP contribution in [0.15, 0.2) is 46.0 Å². The number of aliphatic hydroxyl groups excluding tert-OH is 2. The van der Waals surface area contributed by atoms with Crippen molar-refractivity contribution >= 4 is 0 Å². The first kappa shape index (κ1) is 17.5. The van der Waals surface area contributed by atoms with Gasteiger partial charge in [-0.05, 0) is 42.0 Å². The van der Waals surface area contributed by atoms with E-state index in [0.29, 0.717) is 12.3 Å². The third-order valence-electron chi connectivity index (χ3n) is 3.25. The molecule has 118 valence electrons. The maximum absolute atomic E-state index is 8.89. The van der Waals surface area contributed by atoms with Gasteiger partial charge in [0.25, 0.3) is 0 Å². The molecule has 0 radical (unpaired) electrons. The standard InChI is InChI=1S/C9H14O2.C7H11NO2/c1-2-8(6-10)5-9-3-4-11-7-9;8-7(4-9)3-6-1-2-10-5-6/h3-4,7-8,10H,2,5-6H2,1H3;1-2,5,7,9H,3-4,8H2/t8-;7-/m11/s1. The zero-order chi connectivity index (χ0) is 15.5. The number of furan rings is 2. The van der Waals surface area contributed by atoms with E-state index in [1.54, 1.807) is 25.1 Å². The van der Waals surface area contributed by atoms with Gasteiger partial charge < -0.3 is 24.8 Å². The van der Waals surface area contributed by atoms with E-state index in [4.69, 9.17) is 24.8 Å². The van der Waals surface area contributed by atoms with Crippen LogP contribution in [-0.2, 0) is 12.8 Å². The summed E-state index contributed by atoms with van der Waals surface area (Å²) in [5.41, 5.74) is 7.67. The number of hydrogen-bond donors (Lipinski definition) is 3. The lowest BCUT2D eigenvalue weighted by atomic mass is 10.00. The van der Waals surface area contributed by atoms with Crippen LogP contribution in [0.5, 0.6) is 0 Å². The predicted molar refractivity (Wildman–Crippen MR) is 80.8 cm³/mol. The summed E-state index contributed by atoms with van der Waals surface area (Å²) in [4.78, 5) is 0. The van der Waals surface area contributed by atoms with Gasteiger partial charge in [-0.15, -0.1) is 0 Å². The summed E-state index contributed by atoms with van der Waals surface area (Å²) in [5, 5.41) is 17.5. The second-order valence-electron chi connectivity index (χ2n) is 5.07. The molecule has 0 saturated carbocycles. The monoisotopic (exact) mass is 295 g/mol. The minimum Gasteiger partial charge on any atom is -0.472 e. The largest absolute Gasteiger partial charge is 0.472 e. The molecule has 2 aromatic heterocycles. The van der Waals surface area contributed by atoms with Crippen molar-refractivity contribution in [1.29, 1.82) is 0 Å². The minimum atomic E-state index is -0.169. The van der Waals surface area contributed by atoms with E-state index in [9.17, 15) is 0 Å². The molecule has 0 aliphatic carbocycles. The van der Waals surface area contributed by atoms with Crippen LogP contribution < -0.4 is 5.73 Å². The second-order valence-corrected chi connectivity index (χ2v) is 5.07. The average Bonchev–Trinajstić information content (AvgIpc) is 3.18.